The molecule has 1 aromatic heterocycles. The van der Waals surface area contributed by atoms with Crippen molar-refractivity contribution >= 4 is 22.3 Å². The molecule has 5 rings (SSSR count). The van der Waals surface area contributed by atoms with Crippen LogP contribution in [0, 0.1) is 12.7 Å². The molecule has 0 saturated heterocycles. The Morgan fingerprint density at radius 1 is 0.897 bits per heavy atom. The Morgan fingerprint density at radius 3 is 2.21 bits per heavy atom. The van der Waals surface area contributed by atoms with Crippen LogP contribution in [0.5, 0.6) is 0 Å². The first-order chi connectivity index (χ1) is 14.0. The van der Waals surface area contributed by atoms with Crippen molar-refractivity contribution in [2.24, 2.45) is 7.05 Å². The minimum atomic E-state index is -0.329. The second-order valence-corrected chi connectivity index (χ2v) is 7.42. The third-order valence-electron chi connectivity index (χ3n) is 5.74. The molecule has 4 aromatic rings. The minimum Gasteiger partial charge on any atom is -0.284 e. The third kappa shape index (κ3) is 2.54. The van der Waals surface area contributed by atoms with Gasteiger partial charge in [0.25, 0.3) is 5.82 Å². The van der Waals surface area contributed by atoms with Crippen LogP contribution in [0.4, 0.5) is 4.39 Å². The van der Waals surface area contributed by atoms with Crippen LogP contribution in [0.15, 0.2) is 60.7 Å². The van der Waals surface area contributed by atoms with E-state index in [9.17, 15) is 14.0 Å². The first-order valence-electron chi connectivity index (χ1n) is 9.41. The Morgan fingerprint density at radius 2 is 1.55 bits per heavy atom. The van der Waals surface area contributed by atoms with E-state index in [1.807, 2.05) is 41.8 Å². The van der Waals surface area contributed by atoms with E-state index in [1.165, 1.54) is 12.1 Å². The molecular formula is C24H18FN2O2+. The van der Waals surface area contributed by atoms with Crippen molar-refractivity contribution in [1.29, 1.82) is 0 Å². The highest BCUT2D eigenvalue weighted by Gasteiger charge is 2.42. The molecule has 1 aliphatic rings. The Labute approximate surface area is 166 Å². The van der Waals surface area contributed by atoms with Crippen molar-refractivity contribution in [3.8, 4) is 0 Å². The lowest BCUT2D eigenvalue weighted by Gasteiger charge is -2.14. The van der Waals surface area contributed by atoms with Crippen LogP contribution in [0.3, 0.4) is 0 Å². The van der Waals surface area contributed by atoms with Crippen LogP contribution >= 0.6 is 0 Å². The summed E-state index contributed by atoms with van der Waals surface area (Å²) in [6, 6.07) is 17.6. The SMILES string of the molecule is Cc1n(Cc2cccc(F)c2)c2c([n+]1C)C(=O)c1cc3ccccc3cc1C2=O. The summed E-state index contributed by atoms with van der Waals surface area (Å²) in [5, 5.41) is 1.84. The summed E-state index contributed by atoms with van der Waals surface area (Å²) in [5.41, 5.74) is 2.32. The van der Waals surface area contributed by atoms with Crippen LogP contribution < -0.4 is 4.57 Å². The molecule has 0 N–H and O–H groups in total. The largest absolute Gasteiger partial charge is 0.284 e. The van der Waals surface area contributed by atoms with Gasteiger partial charge in [-0.25, -0.2) is 13.5 Å². The van der Waals surface area contributed by atoms with E-state index in [1.54, 1.807) is 29.8 Å². The first kappa shape index (κ1) is 17.5. The average Bonchev–Trinajstić information content (AvgIpc) is 2.96. The normalized spacial score (nSPS) is 12.9. The molecule has 1 heterocycles. The number of hydrogen-bond acceptors (Lipinski definition) is 2. The molecule has 0 unspecified atom stereocenters. The smallest absolute Gasteiger partial charge is 0.254 e. The summed E-state index contributed by atoms with van der Waals surface area (Å²) in [4.78, 5) is 26.8. The van der Waals surface area contributed by atoms with E-state index in [0.29, 0.717) is 29.1 Å². The van der Waals surface area contributed by atoms with Crippen molar-refractivity contribution in [3.63, 3.8) is 0 Å². The molecule has 0 spiro atoms. The average molecular weight is 385 g/mol. The van der Waals surface area contributed by atoms with Crippen molar-refractivity contribution in [3.05, 3.63) is 100 Å². The summed E-state index contributed by atoms with van der Waals surface area (Å²) >= 11 is 0. The molecule has 1 aliphatic carbocycles. The van der Waals surface area contributed by atoms with Gasteiger partial charge < -0.3 is 0 Å². The van der Waals surface area contributed by atoms with Crippen molar-refractivity contribution in [2.75, 3.05) is 0 Å². The monoisotopic (exact) mass is 385 g/mol. The molecule has 3 aromatic carbocycles. The maximum Gasteiger partial charge on any atom is 0.254 e. The third-order valence-corrected chi connectivity index (χ3v) is 5.74. The summed E-state index contributed by atoms with van der Waals surface area (Å²) in [7, 11) is 1.79. The van der Waals surface area contributed by atoms with Gasteiger partial charge in [0.15, 0.2) is 0 Å². The second-order valence-electron chi connectivity index (χ2n) is 7.42. The Bertz CT molecular complexity index is 1350. The van der Waals surface area contributed by atoms with Crippen LogP contribution in [-0.2, 0) is 13.6 Å². The first-order valence-corrected chi connectivity index (χ1v) is 9.41. The highest BCUT2D eigenvalue weighted by atomic mass is 19.1. The van der Waals surface area contributed by atoms with Gasteiger partial charge in [-0.2, -0.15) is 0 Å². The van der Waals surface area contributed by atoms with E-state index < -0.39 is 0 Å². The van der Waals surface area contributed by atoms with Gasteiger partial charge in [0.05, 0.1) is 7.05 Å². The highest BCUT2D eigenvalue weighted by molar-refractivity contribution is 6.27. The Kier molecular flexibility index (Phi) is 3.74. The minimum absolute atomic E-state index is 0.163. The predicted octanol–water partition coefficient (Wildman–Crippen LogP) is 3.74. The molecule has 0 radical (unpaired) electrons. The van der Waals surface area contributed by atoms with E-state index in [-0.39, 0.29) is 17.4 Å². The lowest BCUT2D eigenvalue weighted by atomic mass is 9.87. The molecule has 4 nitrogen and oxygen atoms in total. The standard InChI is InChI=1S/C24H18FN2O2/c1-14-26(2)21-22(27(14)13-15-6-5-9-18(25)10-15)24(29)20-12-17-8-4-3-7-16(17)11-19(20)23(21)28/h3-12H,13H2,1-2H3/q+1. The zero-order valence-electron chi connectivity index (χ0n) is 16.1. The zero-order valence-corrected chi connectivity index (χ0v) is 16.1. The lowest BCUT2D eigenvalue weighted by molar-refractivity contribution is -0.679. The topological polar surface area (TPSA) is 43.0 Å². The molecule has 0 amide bonds. The second kappa shape index (κ2) is 6.21. The van der Waals surface area contributed by atoms with E-state index in [4.69, 9.17) is 0 Å². The number of rotatable bonds is 2. The Hall–Kier alpha value is -3.60. The summed E-state index contributed by atoms with van der Waals surface area (Å²) in [6.45, 7) is 2.17. The van der Waals surface area contributed by atoms with Gasteiger partial charge in [-0.15, -0.1) is 0 Å². The van der Waals surface area contributed by atoms with E-state index in [2.05, 4.69) is 0 Å². The molecule has 0 fully saturated rings. The zero-order chi connectivity index (χ0) is 20.3. The number of imidazole rings is 1. The summed E-state index contributed by atoms with van der Waals surface area (Å²) in [5.74, 6) is 0.0903. The van der Waals surface area contributed by atoms with Gasteiger partial charge in [0, 0.05) is 18.1 Å². The number of nitrogens with zero attached hydrogens (tertiary/aromatic N) is 2. The fourth-order valence-corrected chi connectivity index (χ4v) is 4.16. The van der Waals surface area contributed by atoms with Gasteiger partial charge in [-0.05, 0) is 40.6 Å². The summed E-state index contributed by atoms with van der Waals surface area (Å²) < 4.78 is 17.2. The number of fused-ring (bicyclic) bond motifs is 3. The van der Waals surface area contributed by atoms with Crippen molar-refractivity contribution < 1.29 is 18.5 Å². The number of carbonyl (C=O) groups is 2. The van der Waals surface area contributed by atoms with Gasteiger partial charge in [-0.1, -0.05) is 36.4 Å². The molecule has 29 heavy (non-hydrogen) atoms. The number of carbonyl (C=O) groups excluding carboxylic acids is 2. The van der Waals surface area contributed by atoms with Gasteiger partial charge in [0.1, 0.15) is 12.4 Å². The molecule has 0 bridgehead atoms. The summed E-state index contributed by atoms with van der Waals surface area (Å²) in [6.07, 6.45) is 0. The number of benzene rings is 3. The van der Waals surface area contributed by atoms with Gasteiger partial charge in [0.2, 0.25) is 23.0 Å². The van der Waals surface area contributed by atoms with Crippen molar-refractivity contribution in [1.82, 2.24) is 4.57 Å². The number of ketones is 2. The fraction of sp³-hybridized carbons (Fsp3) is 0.125. The van der Waals surface area contributed by atoms with Crippen LogP contribution in [0.2, 0.25) is 0 Å². The molecule has 0 atom stereocenters. The number of halogens is 1. The van der Waals surface area contributed by atoms with Gasteiger partial charge in [-0.3, -0.25) is 9.59 Å². The number of hydrogen-bond donors (Lipinski definition) is 0. The van der Waals surface area contributed by atoms with Crippen LogP contribution in [0.1, 0.15) is 43.5 Å². The van der Waals surface area contributed by atoms with E-state index in [0.717, 1.165) is 22.2 Å². The van der Waals surface area contributed by atoms with Crippen LogP contribution in [-0.4, -0.2) is 16.1 Å². The molecule has 0 aliphatic heterocycles. The molecule has 142 valence electrons. The molecular weight excluding hydrogens is 367 g/mol. The predicted molar refractivity (Wildman–Crippen MR) is 107 cm³/mol. The maximum atomic E-state index is 13.7. The Balaban J connectivity index is 1.72. The molecule has 5 heteroatoms. The fourth-order valence-electron chi connectivity index (χ4n) is 4.16. The maximum absolute atomic E-state index is 13.7. The lowest BCUT2D eigenvalue weighted by Crippen LogP contribution is -2.39. The van der Waals surface area contributed by atoms with E-state index >= 15 is 0 Å². The molecule has 0 saturated carbocycles. The number of aromatic nitrogens is 2. The highest BCUT2D eigenvalue weighted by Crippen LogP contribution is 2.30. The van der Waals surface area contributed by atoms with Crippen molar-refractivity contribution in [2.45, 2.75) is 13.5 Å². The van der Waals surface area contributed by atoms with Gasteiger partial charge >= 0.3 is 0 Å². The quantitative estimate of drug-likeness (QED) is 0.435. The van der Waals surface area contributed by atoms with Crippen LogP contribution in [0.25, 0.3) is 10.8 Å².